The molecule has 0 N–H and O–H groups in total. The van der Waals surface area contributed by atoms with Crippen molar-refractivity contribution < 1.29 is 9.60 Å². The van der Waals surface area contributed by atoms with Crippen LogP contribution in [0.1, 0.15) is 9.60 Å². The van der Waals surface area contributed by atoms with Crippen LogP contribution < -0.4 is 4.90 Å². The van der Waals surface area contributed by atoms with Crippen LogP contribution >= 0.6 is 11.3 Å². The Hall–Kier alpha value is -6.74. The van der Waals surface area contributed by atoms with Crippen molar-refractivity contribution in [1.29, 1.82) is 0 Å². The summed E-state index contributed by atoms with van der Waals surface area (Å²) in [5, 5.41) is 2.56. The van der Waals surface area contributed by atoms with Crippen molar-refractivity contribution in [2.24, 2.45) is 0 Å². The lowest BCUT2D eigenvalue weighted by Gasteiger charge is -2.26. The van der Waals surface area contributed by atoms with E-state index in [0.717, 1.165) is 44.9 Å². The first-order valence-corrected chi connectivity index (χ1v) is 18.7. The molecule has 2 heteroatoms. The molecule has 0 atom stereocenters. The Morgan fingerprint density at radius 1 is 0.370 bits per heavy atom. The summed E-state index contributed by atoms with van der Waals surface area (Å²) in [5.41, 5.74) is 10.0. The molecule has 10 rings (SSSR count). The van der Waals surface area contributed by atoms with Gasteiger partial charge in [-0.15, -0.1) is 11.3 Å². The fourth-order valence-electron chi connectivity index (χ4n) is 7.33. The highest BCUT2D eigenvalue weighted by molar-refractivity contribution is 7.26. The SMILES string of the molecule is [2H]c1c([2H])c([2H])c2c(-c3cccc(-c4ccc(N(c5ccc(-c6ccccc6)cc5)c5ccc(-c6cccc7c6sc6ccccc67)cc5)cc4)c3)c([2H])c([2H])c([2H])c2c1[2H]. The maximum absolute atomic E-state index is 8.88. The number of fused-ring (bicyclic) bond motifs is 4. The molecule has 1 nitrogen and oxygen atoms in total. The Morgan fingerprint density at radius 2 is 0.926 bits per heavy atom. The molecule has 0 fully saturated rings. The molecular weight excluding hydrogens is 671 g/mol. The van der Waals surface area contributed by atoms with E-state index in [1.165, 1.54) is 25.7 Å². The Labute approximate surface area is 329 Å². The zero-order chi connectivity index (χ0) is 41.9. The highest BCUT2D eigenvalue weighted by atomic mass is 32.1. The van der Waals surface area contributed by atoms with Crippen LogP contribution in [0.2, 0.25) is 0 Å². The molecule has 9 aromatic carbocycles. The van der Waals surface area contributed by atoms with Gasteiger partial charge in [0.1, 0.15) is 0 Å². The molecule has 0 bridgehead atoms. The van der Waals surface area contributed by atoms with E-state index >= 15 is 0 Å². The summed E-state index contributed by atoms with van der Waals surface area (Å²) in [5.74, 6) is 0. The molecule has 0 aliphatic carbocycles. The van der Waals surface area contributed by atoms with E-state index in [0.29, 0.717) is 5.56 Å². The van der Waals surface area contributed by atoms with Crippen LogP contribution in [0.5, 0.6) is 0 Å². The molecule has 10 aromatic rings. The number of hydrogen-bond acceptors (Lipinski definition) is 2. The van der Waals surface area contributed by atoms with Crippen molar-refractivity contribution in [3.8, 4) is 44.5 Å². The van der Waals surface area contributed by atoms with Crippen molar-refractivity contribution in [3.63, 3.8) is 0 Å². The molecule has 0 saturated heterocycles. The van der Waals surface area contributed by atoms with E-state index in [1.54, 1.807) is 6.07 Å². The van der Waals surface area contributed by atoms with Crippen molar-refractivity contribution in [2.75, 3.05) is 4.90 Å². The van der Waals surface area contributed by atoms with E-state index in [1.807, 2.05) is 59.9 Å². The topological polar surface area (TPSA) is 3.24 Å². The van der Waals surface area contributed by atoms with Gasteiger partial charge in [0.15, 0.2) is 0 Å². The lowest BCUT2D eigenvalue weighted by Crippen LogP contribution is -2.09. The van der Waals surface area contributed by atoms with Crippen molar-refractivity contribution in [3.05, 3.63) is 212 Å². The van der Waals surface area contributed by atoms with Crippen LogP contribution in [0.15, 0.2) is 212 Å². The van der Waals surface area contributed by atoms with Crippen molar-refractivity contribution >= 4 is 59.3 Å². The maximum atomic E-state index is 8.88. The predicted molar refractivity (Wildman–Crippen MR) is 233 cm³/mol. The van der Waals surface area contributed by atoms with Crippen LogP contribution in [0.3, 0.4) is 0 Å². The van der Waals surface area contributed by atoms with E-state index < -0.39 is 12.1 Å². The molecule has 0 spiro atoms. The summed E-state index contributed by atoms with van der Waals surface area (Å²) in [6.45, 7) is 0. The molecule has 1 heterocycles. The lowest BCUT2D eigenvalue weighted by molar-refractivity contribution is 1.28. The Morgan fingerprint density at radius 3 is 1.69 bits per heavy atom. The third-order valence-corrected chi connectivity index (χ3v) is 11.2. The molecule has 54 heavy (non-hydrogen) atoms. The zero-order valence-corrected chi connectivity index (χ0v) is 29.8. The number of benzene rings is 9. The number of anilines is 3. The second-order valence-electron chi connectivity index (χ2n) is 13.2. The van der Waals surface area contributed by atoms with E-state index in [9.17, 15) is 0 Å². The normalized spacial score (nSPS) is 13.1. The van der Waals surface area contributed by atoms with Gasteiger partial charge < -0.3 is 4.90 Å². The quantitative estimate of drug-likeness (QED) is 0.159. The highest BCUT2D eigenvalue weighted by Gasteiger charge is 2.16. The van der Waals surface area contributed by atoms with Crippen molar-refractivity contribution in [1.82, 2.24) is 0 Å². The summed E-state index contributed by atoms with van der Waals surface area (Å²) in [6, 6.07) is 55.8. The third kappa shape index (κ3) is 5.84. The minimum Gasteiger partial charge on any atom is -0.311 e. The van der Waals surface area contributed by atoms with Gasteiger partial charge >= 0.3 is 0 Å². The van der Waals surface area contributed by atoms with E-state index in [-0.39, 0.29) is 46.5 Å². The molecule has 0 amide bonds. The van der Waals surface area contributed by atoms with E-state index in [4.69, 9.17) is 9.60 Å². The fourth-order valence-corrected chi connectivity index (χ4v) is 8.57. The zero-order valence-electron chi connectivity index (χ0n) is 36.0. The summed E-state index contributed by atoms with van der Waals surface area (Å²) in [4.78, 5) is 2.24. The standard InChI is InChI=1S/C52H35NS/c1-2-11-36(12-3-1)37-23-29-43(30-24-37)53(45-33-27-40(28-34-45)48-20-10-21-50-49-18-6-7-22-51(49)54-52(48)50)44-31-25-38(26-32-44)41-15-8-16-42(35-41)47-19-9-14-39-13-4-5-17-46(39)47/h1-35H/i4D,5D,9D,13D,14D,17D,19D. The van der Waals surface area contributed by atoms with Crippen molar-refractivity contribution in [2.45, 2.75) is 0 Å². The Kier molecular flexibility index (Phi) is 6.40. The Balaban J connectivity index is 1.04. The van der Waals surface area contributed by atoms with Gasteiger partial charge in [-0.25, -0.2) is 0 Å². The largest absolute Gasteiger partial charge is 0.311 e. The number of rotatable bonds is 7. The van der Waals surface area contributed by atoms with Gasteiger partial charge in [-0.3, -0.25) is 0 Å². The first kappa shape index (κ1) is 25.3. The van der Waals surface area contributed by atoms with Gasteiger partial charge in [0, 0.05) is 37.2 Å². The molecule has 0 unspecified atom stereocenters. The van der Waals surface area contributed by atoms with Crippen LogP contribution in [0.25, 0.3) is 75.5 Å². The third-order valence-electron chi connectivity index (χ3n) is 10.00. The molecular formula is C52H35NS. The summed E-state index contributed by atoms with van der Waals surface area (Å²) in [6.07, 6.45) is 0. The molecule has 0 saturated carbocycles. The number of nitrogens with zero attached hydrogens (tertiary/aromatic N) is 1. The van der Waals surface area contributed by atoms with Gasteiger partial charge in [0.2, 0.25) is 0 Å². The fraction of sp³-hybridized carbons (Fsp3) is 0. The summed E-state index contributed by atoms with van der Waals surface area (Å²) in [7, 11) is 0. The van der Waals surface area contributed by atoms with Gasteiger partial charge in [0.25, 0.3) is 0 Å². The smallest absolute Gasteiger partial charge is 0.0629 e. The summed E-state index contributed by atoms with van der Waals surface area (Å²) >= 11 is 1.82. The minimum atomic E-state index is -0.468. The monoisotopic (exact) mass is 712 g/mol. The van der Waals surface area contributed by atoms with Gasteiger partial charge in [0.05, 0.1) is 9.60 Å². The van der Waals surface area contributed by atoms with Crippen LogP contribution in [-0.2, 0) is 0 Å². The minimum absolute atomic E-state index is 0.0566. The van der Waals surface area contributed by atoms with E-state index in [2.05, 4.69) is 120 Å². The van der Waals surface area contributed by atoms with Crippen LogP contribution in [-0.4, -0.2) is 0 Å². The highest BCUT2D eigenvalue weighted by Crippen LogP contribution is 2.42. The first-order valence-electron chi connectivity index (χ1n) is 21.3. The second-order valence-corrected chi connectivity index (χ2v) is 14.3. The molecule has 0 radical (unpaired) electrons. The number of thiophene rings is 1. The molecule has 0 aliphatic rings. The second kappa shape index (κ2) is 13.7. The molecule has 254 valence electrons. The molecule has 0 aliphatic heterocycles. The van der Waals surface area contributed by atoms with Crippen LogP contribution in [0.4, 0.5) is 17.1 Å². The maximum Gasteiger partial charge on any atom is 0.0629 e. The van der Waals surface area contributed by atoms with Gasteiger partial charge in [-0.1, -0.05) is 164 Å². The van der Waals surface area contributed by atoms with Crippen LogP contribution in [0, 0.1) is 0 Å². The summed E-state index contributed by atoms with van der Waals surface area (Å²) < 4.78 is 62.4. The first-order chi connectivity index (χ1) is 29.7. The average Bonchev–Trinajstić information content (AvgIpc) is 3.69. The van der Waals surface area contributed by atoms with Gasteiger partial charge in [-0.05, 0) is 104 Å². The predicted octanol–water partition coefficient (Wildman–Crippen LogP) is 15.3. The van der Waals surface area contributed by atoms with Gasteiger partial charge in [-0.2, -0.15) is 0 Å². The molecule has 1 aromatic heterocycles. The lowest BCUT2D eigenvalue weighted by atomic mass is 9.95. The number of hydrogen-bond donors (Lipinski definition) is 0. The average molecular weight is 713 g/mol. The Bertz CT molecular complexity index is 3300.